The number of ether oxygens (including phenoxy) is 2. The minimum absolute atomic E-state index is 0.0929. The lowest BCUT2D eigenvalue weighted by molar-refractivity contribution is -0.137. The van der Waals surface area contributed by atoms with Crippen molar-refractivity contribution in [1.29, 1.82) is 0 Å². The summed E-state index contributed by atoms with van der Waals surface area (Å²) in [5, 5.41) is 14.1. The third kappa shape index (κ3) is 4.98. The first-order chi connectivity index (χ1) is 18.0. The Morgan fingerprint density at radius 1 is 1.08 bits per heavy atom. The normalized spacial score (nSPS) is 26.9. The molecule has 2 saturated heterocycles. The minimum atomic E-state index is -4.64. The van der Waals surface area contributed by atoms with E-state index >= 15 is 0 Å². The number of fused-ring (bicyclic) bond motifs is 2. The van der Waals surface area contributed by atoms with Crippen LogP contribution in [0.15, 0.2) is 47.6 Å². The van der Waals surface area contributed by atoms with E-state index in [0.717, 1.165) is 17.9 Å². The standard InChI is InChI=1S/C27H29F4N3O4/c1-15-23(14-25(35)36)34(32-26(15)27(29,30)31)16-5-7-19(8-6-16)38-21-11-17-3-4-18(12-21)33(17)24-13-20(37-2)9-10-22(24)28/h5-10,13,15,17-18,21,23H,3-4,11-12,14H2,1-2H3,(H,35,36). The second-order valence-corrected chi connectivity index (χ2v) is 10.1. The van der Waals surface area contributed by atoms with Gasteiger partial charge < -0.3 is 19.5 Å². The van der Waals surface area contributed by atoms with Crippen molar-refractivity contribution in [2.45, 2.75) is 69.4 Å². The first kappa shape index (κ1) is 26.1. The number of anilines is 2. The van der Waals surface area contributed by atoms with E-state index in [-0.39, 0.29) is 24.0 Å². The monoisotopic (exact) mass is 535 g/mol. The maximum Gasteiger partial charge on any atom is 0.431 e. The van der Waals surface area contributed by atoms with E-state index in [9.17, 15) is 27.5 Å². The number of hydrogen-bond donors (Lipinski definition) is 1. The van der Waals surface area contributed by atoms with Crippen LogP contribution >= 0.6 is 0 Å². The zero-order valence-electron chi connectivity index (χ0n) is 21.0. The molecule has 0 saturated carbocycles. The highest BCUT2D eigenvalue weighted by Crippen LogP contribution is 2.43. The zero-order valence-corrected chi connectivity index (χ0v) is 21.0. The van der Waals surface area contributed by atoms with Gasteiger partial charge in [0.25, 0.3) is 0 Å². The molecule has 3 aliphatic rings. The molecule has 4 atom stereocenters. The van der Waals surface area contributed by atoms with Crippen molar-refractivity contribution in [3.63, 3.8) is 0 Å². The van der Waals surface area contributed by atoms with Gasteiger partial charge in [-0.1, -0.05) is 6.92 Å². The first-order valence-electron chi connectivity index (χ1n) is 12.6. The summed E-state index contributed by atoms with van der Waals surface area (Å²) in [6.45, 7) is 1.34. The SMILES string of the molecule is COc1ccc(F)c(N2C3CCC2CC(Oc2ccc(N4N=C(C(F)(F)F)C(C)C4CC(=O)O)cc2)C3)c1. The molecule has 204 valence electrons. The number of aliphatic carboxylic acids is 1. The summed E-state index contributed by atoms with van der Waals surface area (Å²) in [4.78, 5) is 13.5. The van der Waals surface area contributed by atoms with Gasteiger partial charge in [0.05, 0.1) is 30.9 Å². The van der Waals surface area contributed by atoms with E-state index in [1.54, 1.807) is 43.5 Å². The number of hydrazone groups is 1. The van der Waals surface area contributed by atoms with Crippen LogP contribution in [0.1, 0.15) is 39.0 Å². The quantitative estimate of drug-likeness (QED) is 0.464. The Morgan fingerprint density at radius 2 is 1.71 bits per heavy atom. The van der Waals surface area contributed by atoms with Gasteiger partial charge in [-0.05, 0) is 49.2 Å². The Labute approximate surface area is 217 Å². The molecule has 2 aromatic rings. The average molecular weight is 536 g/mol. The number of methoxy groups -OCH3 is 1. The van der Waals surface area contributed by atoms with Crippen LogP contribution in [0.2, 0.25) is 0 Å². The van der Waals surface area contributed by atoms with Gasteiger partial charge in [-0.25, -0.2) is 4.39 Å². The van der Waals surface area contributed by atoms with Gasteiger partial charge in [0.1, 0.15) is 29.1 Å². The van der Waals surface area contributed by atoms with Crippen molar-refractivity contribution in [1.82, 2.24) is 0 Å². The highest BCUT2D eigenvalue weighted by atomic mass is 19.4. The van der Waals surface area contributed by atoms with E-state index in [1.807, 2.05) is 0 Å². The number of carbonyl (C=O) groups is 1. The smallest absolute Gasteiger partial charge is 0.431 e. The van der Waals surface area contributed by atoms with Gasteiger partial charge in [-0.3, -0.25) is 9.80 Å². The van der Waals surface area contributed by atoms with Crippen molar-refractivity contribution in [3.8, 4) is 11.5 Å². The summed E-state index contributed by atoms with van der Waals surface area (Å²) < 4.78 is 66.5. The second-order valence-electron chi connectivity index (χ2n) is 10.1. The fourth-order valence-electron chi connectivity index (χ4n) is 5.99. The third-order valence-corrected chi connectivity index (χ3v) is 7.74. The zero-order chi connectivity index (χ0) is 27.2. The number of carboxylic acid groups (broad SMARTS) is 1. The Balaban J connectivity index is 1.28. The second kappa shape index (κ2) is 9.99. The highest BCUT2D eigenvalue weighted by molar-refractivity contribution is 5.96. The molecule has 2 fully saturated rings. The van der Waals surface area contributed by atoms with Crippen molar-refractivity contribution in [2.75, 3.05) is 17.0 Å². The van der Waals surface area contributed by atoms with E-state index in [0.29, 0.717) is 35.7 Å². The van der Waals surface area contributed by atoms with Crippen molar-refractivity contribution in [2.24, 2.45) is 11.0 Å². The molecular formula is C27H29F4N3O4. The van der Waals surface area contributed by atoms with Crippen molar-refractivity contribution < 1.29 is 36.9 Å². The summed E-state index contributed by atoms with van der Waals surface area (Å²) in [7, 11) is 1.55. The van der Waals surface area contributed by atoms with Gasteiger partial charge in [-0.2, -0.15) is 18.3 Å². The minimum Gasteiger partial charge on any atom is -0.497 e. The molecule has 2 bridgehead atoms. The number of hydrogen-bond acceptors (Lipinski definition) is 6. The number of carboxylic acids is 1. The van der Waals surface area contributed by atoms with Crippen LogP contribution in [0.25, 0.3) is 0 Å². The Kier molecular flexibility index (Phi) is 6.87. The lowest BCUT2D eigenvalue weighted by Crippen LogP contribution is -2.46. The summed E-state index contributed by atoms with van der Waals surface area (Å²) in [6, 6.07) is 10.5. The maximum absolute atomic E-state index is 14.6. The van der Waals surface area contributed by atoms with Crippen molar-refractivity contribution in [3.05, 3.63) is 48.3 Å². The van der Waals surface area contributed by atoms with Gasteiger partial charge in [-0.15, -0.1) is 0 Å². The van der Waals surface area contributed by atoms with E-state index in [1.165, 1.54) is 13.0 Å². The molecule has 0 aromatic heterocycles. The van der Waals surface area contributed by atoms with Gasteiger partial charge >= 0.3 is 12.1 Å². The molecule has 0 amide bonds. The predicted molar refractivity (Wildman–Crippen MR) is 134 cm³/mol. The van der Waals surface area contributed by atoms with Crippen LogP contribution in [0.3, 0.4) is 0 Å². The van der Waals surface area contributed by atoms with Crippen molar-refractivity contribution >= 4 is 23.1 Å². The molecule has 11 heteroatoms. The Hall–Kier alpha value is -3.50. The molecule has 0 aliphatic carbocycles. The maximum atomic E-state index is 14.6. The summed E-state index contributed by atoms with van der Waals surface area (Å²) in [6.07, 6.45) is -1.94. The lowest BCUT2D eigenvalue weighted by Gasteiger charge is -2.40. The molecule has 3 heterocycles. The number of nitrogens with zero attached hydrogens (tertiary/aromatic N) is 3. The number of halogens is 4. The Bertz CT molecular complexity index is 1210. The average Bonchev–Trinajstić information content (AvgIpc) is 3.32. The number of piperidine rings is 1. The van der Waals surface area contributed by atoms with Gasteiger partial charge in [0.2, 0.25) is 0 Å². The lowest BCUT2D eigenvalue weighted by atomic mass is 9.94. The van der Waals surface area contributed by atoms with Crippen LogP contribution in [0, 0.1) is 11.7 Å². The van der Waals surface area contributed by atoms with E-state index in [4.69, 9.17) is 9.47 Å². The molecule has 0 spiro atoms. The van der Waals surface area contributed by atoms with Crippen LogP contribution in [-0.2, 0) is 4.79 Å². The molecule has 4 unspecified atom stereocenters. The van der Waals surface area contributed by atoms with Crippen LogP contribution in [-0.4, -0.2) is 54.3 Å². The molecule has 1 N–H and O–H groups in total. The molecular weight excluding hydrogens is 506 g/mol. The summed E-state index contributed by atoms with van der Waals surface area (Å²) in [5.74, 6) is -1.41. The topological polar surface area (TPSA) is 74.6 Å². The molecule has 2 aromatic carbocycles. The first-order valence-corrected chi connectivity index (χ1v) is 12.6. The Morgan fingerprint density at radius 3 is 2.29 bits per heavy atom. The molecule has 5 rings (SSSR count). The highest BCUT2D eigenvalue weighted by Gasteiger charge is 2.49. The number of rotatable bonds is 7. The largest absolute Gasteiger partial charge is 0.497 e. The molecule has 7 nitrogen and oxygen atoms in total. The van der Waals surface area contributed by atoms with E-state index < -0.39 is 36.2 Å². The fraction of sp³-hybridized carbons (Fsp3) is 0.481. The third-order valence-electron chi connectivity index (χ3n) is 7.74. The van der Waals surface area contributed by atoms with Crippen LogP contribution in [0.4, 0.5) is 28.9 Å². The van der Waals surface area contributed by atoms with Crippen LogP contribution in [0.5, 0.6) is 11.5 Å². The molecule has 0 radical (unpaired) electrons. The summed E-state index contributed by atoms with van der Waals surface area (Å²) >= 11 is 0. The molecule has 3 aliphatic heterocycles. The number of benzene rings is 2. The number of alkyl halides is 3. The van der Waals surface area contributed by atoms with Gasteiger partial charge in [0.15, 0.2) is 0 Å². The van der Waals surface area contributed by atoms with Gasteiger partial charge in [0, 0.05) is 36.9 Å². The van der Waals surface area contributed by atoms with Crippen LogP contribution < -0.4 is 19.4 Å². The molecule has 38 heavy (non-hydrogen) atoms. The fourth-order valence-corrected chi connectivity index (χ4v) is 5.99. The summed E-state index contributed by atoms with van der Waals surface area (Å²) in [5.41, 5.74) is -0.0916. The predicted octanol–water partition coefficient (Wildman–Crippen LogP) is 5.63. The van der Waals surface area contributed by atoms with E-state index in [2.05, 4.69) is 10.0 Å².